The van der Waals surface area contributed by atoms with Gasteiger partial charge in [-0.15, -0.1) is 0 Å². The van der Waals surface area contributed by atoms with Crippen molar-refractivity contribution in [1.82, 2.24) is 25.0 Å². The normalized spacial score (nSPS) is 16.9. The molecule has 1 aromatic heterocycles. The lowest BCUT2D eigenvalue weighted by Gasteiger charge is -2.28. The fourth-order valence-corrected chi connectivity index (χ4v) is 3.98. The SMILES string of the molecule is Cc1nc(C2CCN(CCOc3ccccc3)CCN2C(=O)c2cccc(C(=O)O)c2)n[nH]1. The van der Waals surface area contributed by atoms with Crippen LogP contribution >= 0.6 is 0 Å². The molecule has 0 spiro atoms. The van der Waals surface area contributed by atoms with Crippen LogP contribution in [0, 0.1) is 6.92 Å². The summed E-state index contributed by atoms with van der Waals surface area (Å²) in [4.78, 5) is 33.3. The molecule has 1 amide bonds. The van der Waals surface area contributed by atoms with Crippen LogP contribution in [0.5, 0.6) is 5.75 Å². The Kier molecular flexibility index (Phi) is 6.99. The second kappa shape index (κ2) is 10.3. The van der Waals surface area contributed by atoms with Crippen LogP contribution in [0.1, 0.15) is 44.8 Å². The zero-order valence-corrected chi connectivity index (χ0v) is 18.5. The number of aromatic amines is 1. The number of ether oxygens (including phenoxy) is 1. The van der Waals surface area contributed by atoms with Crippen molar-refractivity contribution in [2.75, 3.05) is 32.8 Å². The number of hydrogen-bond acceptors (Lipinski definition) is 6. The van der Waals surface area contributed by atoms with Crippen LogP contribution in [0.25, 0.3) is 0 Å². The molecule has 2 N–H and O–H groups in total. The van der Waals surface area contributed by atoms with Crippen LogP contribution in [0.3, 0.4) is 0 Å². The van der Waals surface area contributed by atoms with Crippen LogP contribution in [0.4, 0.5) is 0 Å². The minimum Gasteiger partial charge on any atom is -0.492 e. The topological polar surface area (TPSA) is 112 Å². The molecule has 1 fully saturated rings. The maximum absolute atomic E-state index is 13.4. The highest BCUT2D eigenvalue weighted by Crippen LogP contribution is 2.26. The first-order chi connectivity index (χ1) is 16.0. The van der Waals surface area contributed by atoms with Crippen molar-refractivity contribution in [2.45, 2.75) is 19.4 Å². The van der Waals surface area contributed by atoms with Gasteiger partial charge in [-0.1, -0.05) is 24.3 Å². The molecule has 172 valence electrons. The Morgan fingerprint density at radius 3 is 2.61 bits per heavy atom. The number of nitrogens with one attached hydrogen (secondary N) is 1. The highest BCUT2D eigenvalue weighted by atomic mass is 16.5. The number of amides is 1. The Balaban J connectivity index is 1.49. The van der Waals surface area contributed by atoms with Gasteiger partial charge in [-0.05, 0) is 43.7 Å². The van der Waals surface area contributed by atoms with Gasteiger partial charge in [0.05, 0.1) is 11.6 Å². The molecule has 4 rings (SSSR count). The lowest BCUT2D eigenvalue weighted by molar-refractivity contribution is 0.0677. The Hall–Kier alpha value is -3.72. The largest absolute Gasteiger partial charge is 0.492 e. The van der Waals surface area contributed by atoms with Gasteiger partial charge < -0.3 is 14.7 Å². The second-order valence-corrected chi connectivity index (χ2v) is 7.97. The molecule has 9 heteroatoms. The number of carbonyl (C=O) groups excluding carboxylic acids is 1. The summed E-state index contributed by atoms with van der Waals surface area (Å²) in [5, 5.41) is 16.5. The number of aromatic nitrogens is 3. The Bertz CT molecular complexity index is 1100. The summed E-state index contributed by atoms with van der Waals surface area (Å²) in [7, 11) is 0. The van der Waals surface area contributed by atoms with Crippen LogP contribution in [-0.4, -0.2) is 74.8 Å². The van der Waals surface area contributed by atoms with E-state index in [0.29, 0.717) is 43.3 Å². The number of nitrogens with zero attached hydrogens (tertiary/aromatic N) is 4. The smallest absolute Gasteiger partial charge is 0.335 e. The highest BCUT2D eigenvalue weighted by molar-refractivity contribution is 5.97. The molecule has 0 radical (unpaired) electrons. The molecule has 0 aliphatic carbocycles. The number of rotatable bonds is 7. The lowest BCUT2D eigenvalue weighted by Crippen LogP contribution is -2.38. The zero-order valence-electron chi connectivity index (χ0n) is 18.5. The molecular weight excluding hydrogens is 422 g/mol. The number of aryl methyl sites for hydroxylation is 1. The van der Waals surface area contributed by atoms with Gasteiger partial charge in [-0.25, -0.2) is 9.78 Å². The monoisotopic (exact) mass is 449 g/mol. The summed E-state index contributed by atoms with van der Waals surface area (Å²) >= 11 is 0. The molecule has 0 saturated carbocycles. The van der Waals surface area contributed by atoms with Gasteiger partial charge in [-0.3, -0.25) is 14.8 Å². The molecule has 1 aliphatic heterocycles. The van der Waals surface area contributed by atoms with Gasteiger partial charge in [0.25, 0.3) is 5.91 Å². The molecule has 9 nitrogen and oxygen atoms in total. The summed E-state index contributed by atoms with van der Waals surface area (Å²) < 4.78 is 5.84. The van der Waals surface area contributed by atoms with Crippen molar-refractivity contribution in [3.8, 4) is 5.75 Å². The van der Waals surface area contributed by atoms with E-state index in [0.717, 1.165) is 18.8 Å². The Morgan fingerprint density at radius 1 is 1.09 bits per heavy atom. The summed E-state index contributed by atoms with van der Waals surface area (Å²) in [5.74, 6) is 0.788. The number of carboxylic acid groups (broad SMARTS) is 1. The highest BCUT2D eigenvalue weighted by Gasteiger charge is 2.32. The molecule has 33 heavy (non-hydrogen) atoms. The molecule has 1 atom stereocenters. The molecule has 1 saturated heterocycles. The van der Waals surface area contributed by atoms with Crippen molar-refractivity contribution in [1.29, 1.82) is 0 Å². The third-order valence-corrected chi connectivity index (χ3v) is 5.70. The van der Waals surface area contributed by atoms with E-state index in [1.54, 1.807) is 17.0 Å². The molecule has 3 aromatic rings. The van der Waals surface area contributed by atoms with E-state index >= 15 is 0 Å². The standard InChI is InChI=1S/C24H27N5O4/c1-17-25-22(27-26-17)21-10-11-28(14-15-33-20-8-3-2-4-9-20)12-13-29(21)23(30)18-6-5-7-19(16-18)24(31)32/h2-9,16,21H,10-15H2,1H3,(H,31,32)(H,25,26,27). The fourth-order valence-electron chi connectivity index (χ4n) is 3.98. The minimum absolute atomic E-state index is 0.0839. The maximum atomic E-state index is 13.4. The van der Waals surface area contributed by atoms with Crippen LogP contribution in [-0.2, 0) is 0 Å². The average Bonchev–Trinajstić information content (AvgIpc) is 3.15. The van der Waals surface area contributed by atoms with Gasteiger partial charge in [0, 0.05) is 31.7 Å². The lowest BCUT2D eigenvalue weighted by atomic mass is 10.1. The fraction of sp³-hybridized carbons (Fsp3) is 0.333. The van der Waals surface area contributed by atoms with E-state index in [4.69, 9.17) is 4.74 Å². The average molecular weight is 450 g/mol. The van der Waals surface area contributed by atoms with Gasteiger partial charge in [-0.2, -0.15) is 5.10 Å². The van der Waals surface area contributed by atoms with Gasteiger partial charge in [0.15, 0.2) is 5.82 Å². The van der Waals surface area contributed by atoms with Gasteiger partial charge in [0.1, 0.15) is 18.2 Å². The maximum Gasteiger partial charge on any atom is 0.335 e. The number of aromatic carboxylic acids is 1. The second-order valence-electron chi connectivity index (χ2n) is 7.97. The first kappa shape index (κ1) is 22.5. The van der Waals surface area contributed by atoms with Crippen molar-refractivity contribution in [2.24, 2.45) is 0 Å². The van der Waals surface area contributed by atoms with Crippen LogP contribution < -0.4 is 4.74 Å². The van der Waals surface area contributed by atoms with Crippen LogP contribution in [0.15, 0.2) is 54.6 Å². The molecular formula is C24H27N5O4. The first-order valence-electron chi connectivity index (χ1n) is 10.9. The molecule has 2 heterocycles. The van der Waals surface area contributed by atoms with E-state index in [1.165, 1.54) is 12.1 Å². The molecule has 0 bridgehead atoms. The zero-order chi connectivity index (χ0) is 23.2. The first-order valence-corrected chi connectivity index (χ1v) is 10.9. The van der Waals surface area contributed by atoms with E-state index in [1.807, 2.05) is 37.3 Å². The third kappa shape index (κ3) is 5.56. The number of hydrogen-bond donors (Lipinski definition) is 2. The van der Waals surface area contributed by atoms with Crippen LogP contribution in [0.2, 0.25) is 0 Å². The minimum atomic E-state index is -1.06. The number of para-hydroxylation sites is 1. The number of benzene rings is 2. The summed E-state index contributed by atoms with van der Waals surface area (Å²) in [6.07, 6.45) is 0.660. The van der Waals surface area contributed by atoms with Crippen molar-refractivity contribution >= 4 is 11.9 Å². The van der Waals surface area contributed by atoms with Crippen molar-refractivity contribution in [3.05, 3.63) is 77.4 Å². The predicted molar refractivity (Wildman–Crippen MR) is 121 cm³/mol. The molecule has 2 aromatic carbocycles. The van der Waals surface area contributed by atoms with E-state index in [-0.39, 0.29) is 17.5 Å². The molecule has 1 aliphatic rings. The number of H-pyrrole nitrogens is 1. The third-order valence-electron chi connectivity index (χ3n) is 5.70. The van der Waals surface area contributed by atoms with Gasteiger partial charge in [0.2, 0.25) is 0 Å². The summed E-state index contributed by atoms with van der Waals surface area (Å²) in [6, 6.07) is 15.5. The Labute approximate surface area is 192 Å². The quantitative estimate of drug-likeness (QED) is 0.570. The summed E-state index contributed by atoms with van der Waals surface area (Å²) in [5.41, 5.74) is 0.425. The van der Waals surface area contributed by atoms with Crippen molar-refractivity contribution < 1.29 is 19.4 Å². The van der Waals surface area contributed by atoms with E-state index in [2.05, 4.69) is 20.1 Å². The summed E-state index contributed by atoms with van der Waals surface area (Å²) in [6.45, 7) is 4.99. The van der Waals surface area contributed by atoms with E-state index in [9.17, 15) is 14.7 Å². The Morgan fingerprint density at radius 2 is 1.88 bits per heavy atom. The number of carboxylic acids is 1. The van der Waals surface area contributed by atoms with E-state index < -0.39 is 5.97 Å². The predicted octanol–water partition coefficient (Wildman–Crippen LogP) is 2.78. The van der Waals surface area contributed by atoms with Gasteiger partial charge >= 0.3 is 5.97 Å². The number of carbonyl (C=O) groups is 2. The molecule has 1 unspecified atom stereocenters. The van der Waals surface area contributed by atoms with Crippen molar-refractivity contribution in [3.63, 3.8) is 0 Å².